The molecule has 19 heavy (non-hydrogen) atoms. The molecule has 2 heterocycles. The molecule has 2 aromatic rings. The minimum absolute atomic E-state index is 0.0852. The molecule has 1 N–H and O–H groups in total. The molecular weight excluding hydrogens is 258 g/mol. The van der Waals surface area contributed by atoms with Crippen LogP contribution in [0, 0.1) is 0 Å². The fourth-order valence-electron chi connectivity index (χ4n) is 2.38. The van der Waals surface area contributed by atoms with Gasteiger partial charge < -0.3 is 10.2 Å². The number of hydrogen-bond donors (Lipinski definition) is 1. The molecule has 0 bridgehead atoms. The Hall–Kier alpha value is -1.72. The van der Waals surface area contributed by atoms with Gasteiger partial charge in [0.2, 0.25) is 5.91 Å². The molecule has 0 radical (unpaired) electrons. The number of benzene rings is 1. The zero-order valence-corrected chi connectivity index (χ0v) is 11.5. The molecule has 1 amide bonds. The predicted molar refractivity (Wildman–Crippen MR) is 76.2 cm³/mol. The topological polar surface area (TPSA) is 45.2 Å². The zero-order valence-electron chi connectivity index (χ0n) is 10.7. The minimum Gasteiger partial charge on any atom is -0.315 e. The number of thiazole rings is 1. The van der Waals surface area contributed by atoms with E-state index in [1.165, 1.54) is 10.4 Å². The minimum atomic E-state index is 0.0852. The number of nitrogens with zero attached hydrogens (tertiary/aromatic N) is 2. The molecule has 0 aliphatic carbocycles. The van der Waals surface area contributed by atoms with E-state index in [9.17, 15) is 4.79 Å². The number of amides is 1. The third-order valence-corrected chi connectivity index (χ3v) is 4.21. The summed E-state index contributed by atoms with van der Waals surface area (Å²) >= 11 is 1.63. The van der Waals surface area contributed by atoms with Crippen molar-refractivity contribution >= 4 is 22.9 Å². The van der Waals surface area contributed by atoms with Crippen LogP contribution in [-0.4, -0.2) is 17.9 Å². The number of para-hydroxylation sites is 1. The molecule has 4 nitrogen and oxygen atoms in total. The van der Waals surface area contributed by atoms with E-state index < -0.39 is 0 Å². The van der Waals surface area contributed by atoms with E-state index >= 15 is 0 Å². The van der Waals surface area contributed by atoms with Crippen LogP contribution in [0.25, 0.3) is 0 Å². The van der Waals surface area contributed by atoms with Gasteiger partial charge in [0.1, 0.15) is 0 Å². The molecule has 1 aromatic heterocycles. The average molecular weight is 273 g/mol. The zero-order chi connectivity index (χ0) is 13.2. The summed E-state index contributed by atoms with van der Waals surface area (Å²) in [6, 6.07) is 8.15. The first kappa shape index (κ1) is 12.3. The Kier molecular flexibility index (Phi) is 3.31. The van der Waals surface area contributed by atoms with Crippen molar-refractivity contribution in [3.05, 3.63) is 46.4 Å². The van der Waals surface area contributed by atoms with Crippen LogP contribution >= 0.6 is 11.3 Å². The van der Waals surface area contributed by atoms with Crippen LogP contribution in [0.5, 0.6) is 0 Å². The number of carbonyl (C=O) groups excluding carboxylic acids is 1. The number of nitrogens with one attached hydrogen (secondary N) is 1. The van der Waals surface area contributed by atoms with Gasteiger partial charge in [-0.15, -0.1) is 11.3 Å². The second-order valence-corrected chi connectivity index (χ2v) is 5.59. The van der Waals surface area contributed by atoms with Gasteiger partial charge in [-0.3, -0.25) is 9.78 Å². The fourth-order valence-corrected chi connectivity index (χ4v) is 2.92. The van der Waals surface area contributed by atoms with Gasteiger partial charge in [0.05, 0.1) is 5.51 Å². The summed E-state index contributed by atoms with van der Waals surface area (Å²) in [6.07, 6.45) is 2.37. The predicted octanol–water partition coefficient (Wildman–Crippen LogP) is 2.34. The van der Waals surface area contributed by atoms with Crippen LogP contribution < -0.4 is 10.2 Å². The Morgan fingerprint density at radius 3 is 3.11 bits per heavy atom. The number of rotatable bonds is 3. The highest BCUT2D eigenvalue weighted by atomic mass is 32.1. The van der Waals surface area contributed by atoms with Crippen LogP contribution in [0.3, 0.4) is 0 Å². The second kappa shape index (κ2) is 5.11. The average Bonchev–Trinajstić information content (AvgIpc) is 2.95. The Labute approximate surface area is 116 Å². The van der Waals surface area contributed by atoms with E-state index in [2.05, 4.69) is 16.4 Å². The van der Waals surface area contributed by atoms with Crippen molar-refractivity contribution in [3.63, 3.8) is 0 Å². The lowest BCUT2D eigenvalue weighted by Crippen LogP contribution is -2.37. The lowest BCUT2D eigenvalue weighted by atomic mass is 9.96. The van der Waals surface area contributed by atoms with Crippen molar-refractivity contribution in [1.29, 1.82) is 0 Å². The van der Waals surface area contributed by atoms with E-state index in [0.29, 0.717) is 6.42 Å². The summed E-state index contributed by atoms with van der Waals surface area (Å²) in [7, 11) is 1.83. The maximum absolute atomic E-state index is 12.0. The van der Waals surface area contributed by atoms with Gasteiger partial charge in [0.25, 0.3) is 0 Å². The molecule has 0 spiro atoms. The monoisotopic (exact) mass is 273 g/mol. The first-order chi connectivity index (χ1) is 9.25. The van der Waals surface area contributed by atoms with Gasteiger partial charge in [-0.1, -0.05) is 18.2 Å². The number of aromatic nitrogens is 1. The Morgan fingerprint density at radius 1 is 1.47 bits per heavy atom. The van der Waals surface area contributed by atoms with Crippen LogP contribution in [0.2, 0.25) is 0 Å². The van der Waals surface area contributed by atoms with Crippen LogP contribution in [0.1, 0.15) is 22.9 Å². The number of anilines is 1. The molecule has 0 saturated carbocycles. The lowest BCUT2D eigenvalue weighted by Gasteiger charge is -2.32. The molecule has 98 valence electrons. The van der Waals surface area contributed by atoms with E-state index in [0.717, 1.165) is 12.2 Å². The smallest absolute Gasteiger partial charge is 0.228 e. The molecule has 1 aromatic carbocycles. The highest BCUT2D eigenvalue weighted by Crippen LogP contribution is 2.33. The molecule has 5 heteroatoms. The standard InChI is InChI=1S/C14H15N3OS/c1-17-13-5-3-2-4-11(13)12(6-14(17)18)16-8-10-7-15-9-19-10/h2-5,7,9,12,16H,6,8H2,1H3. The first-order valence-corrected chi connectivity index (χ1v) is 7.10. The van der Waals surface area contributed by atoms with Gasteiger partial charge >= 0.3 is 0 Å². The molecule has 1 aliphatic heterocycles. The summed E-state index contributed by atoms with van der Waals surface area (Å²) in [5.74, 6) is 0.153. The van der Waals surface area contributed by atoms with Crippen LogP contribution in [0.15, 0.2) is 36.0 Å². The van der Waals surface area contributed by atoms with Crippen LogP contribution in [0.4, 0.5) is 5.69 Å². The fraction of sp³-hybridized carbons (Fsp3) is 0.286. The van der Waals surface area contributed by atoms with Crippen molar-refractivity contribution in [2.75, 3.05) is 11.9 Å². The summed E-state index contributed by atoms with van der Waals surface area (Å²) in [5, 5.41) is 3.45. The highest BCUT2D eigenvalue weighted by molar-refractivity contribution is 7.09. The van der Waals surface area contributed by atoms with Crippen molar-refractivity contribution < 1.29 is 4.79 Å². The summed E-state index contributed by atoms with van der Waals surface area (Å²) in [4.78, 5) is 19.0. The van der Waals surface area contributed by atoms with Gasteiger partial charge in [-0.25, -0.2) is 0 Å². The molecule has 1 atom stereocenters. The van der Waals surface area contributed by atoms with Crippen LogP contribution in [-0.2, 0) is 11.3 Å². The van der Waals surface area contributed by atoms with Crippen molar-refractivity contribution in [3.8, 4) is 0 Å². The number of fused-ring (bicyclic) bond motifs is 1. The largest absolute Gasteiger partial charge is 0.315 e. The molecule has 0 fully saturated rings. The summed E-state index contributed by atoms with van der Waals surface area (Å²) in [5.41, 5.74) is 4.01. The molecular formula is C14H15N3OS. The van der Waals surface area contributed by atoms with E-state index in [4.69, 9.17) is 0 Å². The Morgan fingerprint density at radius 2 is 2.32 bits per heavy atom. The molecule has 1 unspecified atom stereocenters. The van der Waals surface area contributed by atoms with E-state index in [1.807, 2.05) is 37.0 Å². The van der Waals surface area contributed by atoms with Crippen molar-refractivity contribution in [1.82, 2.24) is 10.3 Å². The molecule has 3 rings (SSSR count). The van der Waals surface area contributed by atoms with E-state index in [1.54, 1.807) is 16.2 Å². The van der Waals surface area contributed by atoms with Gasteiger partial charge in [0, 0.05) is 42.8 Å². The number of hydrogen-bond acceptors (Lipinski definition) is 4. The SMILES string of the molecule is CN1C(=O)CC(NCc2cncs2)c2ccccc21. The van der Waals surface area contributed by atoms with Gasteiger partial charge in [-0.05, 0) is 11.6 Å². The first-order valence-electron chi connectivity index (χ1n) is 6.22. The lowest BCUT2D eigenvalue weighted by molar-refractivity contribution is -0.119. The quantitative estimate of drug-likeness (QED) is 0.933. The van der Waals surface area contributed by atoms with Crippen molar-refractivity contribution in [2.24, 2.45) is 0 Å². The number of carbonyl (C=O) groups is 1. The highest BCUT2D eigenvalue weighted by Gasteiger charge is 2.28. The molecule has 1 aliphatic rings. The van der Waals surface area contributed by atoms with Gasteiger partial charge in [-0.2, -0.15) is 0 Å². The maximum Gasteiger partial charge on any atom is 0.228 e. The summed E-state index contributed by atoms with van der Waals surface area (Å²) < 4.78 is 0. The Balaban J connectivity index is 1.82. The third kappa shape index (κ3) is 2.39. The second-order valence-electron chi connectivity index (χ2n) is 4.62. The van der Waals surface area contributed by atoms with Gasteiger partial charge in [0.15, 0.2) is 0 Å². The maximum atomic E-state index is 12.0. The Bertz CT molecular complexity index is 582. The normalized spacial score (nSPS) is 18.5. The molecule has 0 saturated heterocycles. The summed E-state index contributed by atoms with van der Waals surface area (Å²) in [6.45, 7) is 0.751. The third-order valence-electron chi connectivity index (χ3n) is 3.43. The van der Waals surface area contributed by atoms with Crippen molar-refractivity contribution in [2.45, 2.75) is 19.0 Å². The van der Waals surface area contributed by atoms with E-state index in [-0.39, 0.29) is 11.9 Å².